The molecule has 1 aromatic rings. The SMILES string of the molecule is Cc1ccc([N+](=O)[O-])cc1CN1C(=O)CCC1=O. The minimum absolute atomic E-state index is 0.0327. The predicted octanol–water partition coefficient (Wildman–Crippen LogP) is 1.55. The molecule has 1 saturated heterocycles. The molecule has 0 bridgehead atoms. The van der Waals surface area contributed by atoms with Crippen LogP contribution in [0.4, 0.5) is 5.69 Å². The Labute approximate surface area is 103 Å². The Kier molecular flexibility index (Phi) is 3.10. The minimum atomic E-state index is -0.490. The van der Waals surface area contributed by atoms with Gasteiger partial charge in [0, 0.05) is 25.0 Å². The van der Waals surface area contributed by atoms with E-state index in [0.29, 0.717) is 5.56 Å². The summed E-state index contributed by atoms with van der Waals surface area (Å²) < 4.78 is 0. The van der Waals surface area contributed by atoms with Gasteiger partial charge >= 0.3 is 0 Å². The lowest BCUT2D eigenvalue weighted by molar-refractivity contribution is -0.384. The largest absolute Gasteiger partial charge is 0.278 e. The maximum absolute atomic E-state index is 11.5. The van der Waals surface area contributed by atoms with Gasteiger partial charge in [0.2, 0.25) is 11.8 Å². The van der Waals surface area contributed by atoms with E-state index in [9.17, 15) is 19.7 Å². The monoisotopic (exact) mass is 248 g/mol. The van der Waals surface area contributed by atoms with E-state index in [-0.39, 0.29) is 36.9 Å². The number of hydrogen-bond acceptors (Lipinski definition) is 4. The van der Waals surface area contributed by atoms with Crippen LogP contribution in [-0.4, -0.2) is 21.6 Å². The highest BCUT2D eigenvalue weighted by molar-refractivity contribution is 6.01. The first-order valence-electron chi connectivity index (χ1n) is 5.56. The number of nitrogens with zero attached hydrogens (tertiary/aromatic N) is 2. The molecule has 1 aliphatic rings. The van der Waals surface area contributed by atoms with Crippen LogP contribution < -0.4 is 0 Å². The number of hydrogen-bond donors (Lipinski definition) is 0. The van der Waals surface area contributed by atoms with Crippen LogP contribution in [0.15, 0.2) is 18.2 Å². The second-order valence-electron chi connectivity index (χ2n) is 4.24. The molecule has 0 aliphatic carbocycles. The normalized spacial score (nSPS) is 15.3. The summed E-state index contributed by atoms with van der Waals surface area (Å²) in [6.07, 6.45) is 0.458. The number of carbonyl (C=O) groups excluding carboxylic acids is 2. The highest BCUT2D eigenvalue weighted by Gasteiger charge is 2.29. The summed E-state index contributed by atoms with van der Waals surface area (Å²) in [6, 6.07) is 4.44. The molecule has 2 amide bonds. The van der Waals surface area contributed by atoms with Gasteiger partial charge in [-0.1, -0.05) is 6.07 Å². The van der Waals surface area contributed by atoms with Crippen LogP contribution in [0.3, 0.4) is 0 Å². The maximum Gasteiger partial charge on any atom is 0.269 e. The number of benzene rings is 1. The van der Waals surface area contributed by atoms with Crippen molar-refractivity contribution >= 4 is 17.5 Å². The molecule has 6 heteroatoms. The first kappa shape index (κ1) is 12.2. The molecule has 6 nitrogen and oxygen atoms in total. The summed E-state index contributed by atoms with van der Waals surface area (Å²) in [4.78, 5) is 34.3. The molecular formula is C12H12N2O4. The summed E-state index contributed by atoms with van der Waals surface area (Å²) in [5.41, 5.74) is 1.43. The molecule has 0 spiro atoms. The fraction of sp³-hybridized carbons (Fsp3) is 0.333. The number of likely N-dealkylation sites (tertiary alicyclic amines) is 1. The second kappa shape index (κ2) is 4.56. The zero-order valence-electron chi connectivity index (χ0n) is 9.88. The minimum Gasteiger partial charge on any atom is -0.278 e. The highest BCUT2D eigenvalue weighted by Crippen LogP contribution is 2.21. The first-order chi connectivity index (χ1) is 8.49. The Bertz CT molecular complexity index is 523. The predicted molar refractivity (Wildman–Crippen MR) is 62.6 cm³/mol. The van der Waals surface area contributed by atoms with Crippen LogP contribution >= 0.6 is 0 Å². The molecule has 0 unspecified atom stereocenters. The summed E-state index contributed by atoms with van der Waals surface area (Å²) in [5, 5.41) is 10.7. The van der Waals surface area contributed by atoms with E-state index in [1.165, 1.54) is 12.1 Å². The van der Waals surface area contributed by atoms with E-state index in [2.05, 4.69) is 0 Å². The Hall–Kier alpha value is -2.24. The van der Waals surface area contributed by atoms with Gasteiger partial charge in [0.05, 0.1) is 11.5 Å². The molecule has 0 atom stereocenters. The first-order valence-corrected chi connectivity index (χ1v) is 5.56. The van der Waals surface area contributed by atoms with Gasteiger partial charge in [-0.2, -0.15) is 0 Å². The van der Waals surface area contributed by atoms with Crippen molar-refractivity contribution in [3.05, 3.63) is 39.4 Å². The van der Waals surface area contributed by atoms with E-state index in [4.69, 9.17) is 0 Å². The average Bonchev–Trinajstić information content (AvgIpc) is 2.63. The molecular weight excluding hydrogens is 236 g/mol. The van der Waals surface area contributed by atoms with Gasteiger partial charge in [-0.3, -0.25) is 24.6 Å². The maximum atomic E-state index is 11.5. The van der Waals surface area contributed by atoms with Crippen molar-refractivity contribution < 1.29 is 14.5 Å². The van der Waals surface area contributed by atoms with E-state index < -0.39 is 4.92 Å². The van der Waals surface area contributed by atoms with E-state index >= 15 is 0 Å². The molecule has 2 rings (SSSR count). The van der Waals surface area contributed by atoms with Crippen LogP contribution in [0.25, 0.3) is 0 Å². The molecule has 0 N–H and O–H groups in total. The highest BCUT2D eigenvalue weighted by atomic mass is 16.6. The number of rotatable bonds is 3. The molecule has 1 fully saturated rings. The van der Waals surface area contributed by atoms with Crippen molar-refractivity contribution in [3.63, 3.8) is 0 Å². The molecule has 18 heavy (non-hydrogen) atoms. The Morgan fingerprint density at radius 2 is 1.89 bits per heavy atom. The zero-order chi connectivity index (χ0) is 13.3. The van der Waals surface area contributed by atoms with Crippen molar-refractivity contribution in [1.82, 2.24) is 4.90 Å². The second-order valence-corrected chi connectivity index (χ2v) is 4.24. The van der Waals surface area contributed by atoms with Crippen molar-refractivity contribution in [3.8, 4) is 0 Å². The summed E-state index contributed by atoms with van der Waals surface area (Å²) in [6.45, 7) is 1.91. The van der Waals surface area contributed by atoms with Gasteiger partial charge in [-0.05, 0) is 18.1 Å². The van der Waals surface area contributed by atoms with Crippen molar-refractivity contribution in [2.24, 2.45) is 0 Å². The van der Waals surface area contributed by atoms with E-state index in [0.717, 1.165) is 10.5 Å². The van der Waals surface area contributed by atoms with Gasteiger partial charge in [0.25, 0.3) is 5.69 Å². The number of carbonyl (C=O) groups is 2. The summed E-state index contributed by atoms with van der Waals surface area (Å²) in [7, 11) is 0. The Morgan fingerprint density at radius 1 is 1.28 bits per heavy atom. The van der Waals surface area contributed by atoms with Crippen molar-refractivity contribution in [1.29, 1.82) is 0 Å². The molecule has 1 aromatic carbocycles. The van der Waals surface area contributed by atoms with Gasteiger partial charge in [0.15, 0.2) is 0 Å². The fourth-order valence-corrected chi connectivity index (χ4v) is 1.91. The number of nitro groups is 1. The van der Waals surface area contributed by atoms with Gasteiger partial charge < -0.3 is 0 Å². The van der Waals surface area contributed by atoms with Gasteiger partial charge in [-0.25, -0.2) is 0 Å². The lowest BCUT2D eigenvalue weighted by Crippen LogP contribution is -2.28. The molecule has 0 radical (unpaired) electrons. The average molecular weight is 248 g/mol. The molecule has 0 saturated carbocycles. The van der Waals surface area contributed by atoms with Crippen LogP contribution in [0.2, 0.25) is 0 Å². The third kappa shape index (κ3) is 2.22. The lowest BCUT2D eigenvalue weighted by atomic mass is 10.1. The summed E-state index contributed by atoms with van der Waals surface area (Å²) >= 11 is 0. The number of nitro benzene ring substituents is 1. The van der Waals surface area contributed by atoms with Crippen LogP contribution in [-0.2, 0) is 16.1 Å². The number of non-ortho nitro benzene ring substituents is 1. The number of imide groups is 1. The van der Waals surface area contributed by atoms with Crippen LogP contribution in [0.5, 0.6) is 0 Å². The number of amides is 2. The molecule has 94 valence electrons. The smallest absolute Gasteiger partial charge is 0.269 e. The zero-order valence-corrected chi connectivity index (χ0v) is 9.88. The third-order valence-corrected chi connectivity index (χ3v) is 3.03. The molecule has 0 aromatic heterocycles. The standard InChI is InChI=1S/C12H12N2O4/c1-8-2-3-10(14(17)18)6-9(8)7-13-11(15)4-5-12(13)16/h2-3,6H,4-5,7H2,1H3. The van der Waals surface area contributed by atoms with Crippen molar-refractivity contribution in [2.75, 3.05) is 0 Å². The Morgan fingerprint density at radius 3 is 2.44 bits per heavy atom. The van der Waals surface area contributed by atoms with Crippen LogP contribution in [0.1, 0.15) is 24.0 Å². The Balaban J connectivity index is 2.28. The third-order valence-electron chi connectivity index (χ3n) is 3.03. The van der Waals surface area contributed by atoms with Gasteiger partial charge in [-0.15, -0.1) is 0 Å². The van der Waals surface area contributed by atoms with E-state index in [1.807, 2.05) is 0 Å². The van der Waals surface area contributed by atoms with Gasteiger partial charge in [0.1, 0.15) is 0 Å². The fourth-order valence-electron chi connectivity index (χ4n) is 1.91. The molecule has 1 heterocycles. The van der Waals surface area contributed by atoms with Crippen molar-refractivity contribution in [2.45, 2.75) is 26.3 Å². The quantitative estimate of drug-likeness (QED) is 0.461. The number of aryl methyl sites for hydroxylation is 1. The van der Waals surface area contributed by atoms with E-state index in [1.54, 1.807) is 13.0 Å². The topological polar surface area (TPSA) is 80.5 Å². The lowest BCUT2D eigenvalue weighted by Gasteiger charge is -2.15. The molecule has 1 aliphatic heterocycles. The van der Waals surface area contributed by atoms with Crippen LogP contribution in [0, 0.1) is 17.0 Å². The summed E-state index contributed by atoms with van der Waals surface area (Å²) in [5.74, 6) is -0.434.